The number of hydrogen-bond donors (Lipinski definition) is 0. The van der Waals surface area contributed by atoms with Crippen molar-refractivity contribution in [1.82, 2.24) is 0 Å². The van der Waals surface area contributed by atoms with Gasteiger partial charge in [-0.1, -0.05) is 60.7 Å². The maximum absolute atomic E-state index is 6.70. The van der Waals surface area contributed by atoms with Crippen LogP contribution in [0.4, 0.5) is 0 Å². The van der Waals surface area contributed by atoms with E-state index in [1.54, 1.807) is 0 Å². The minimum atomic E-state index is -0.805. The van der Waals surface area contributed by atoms with Crippen LogP contribution in [0.5, 0.6) is 0 Å². The summed E-state index contributed by atoms with van der Waals surface area (Å²) in [5.74, 6) is -0.728. The number of rotatable bonds is 7. The van der Waals surface area contributed by atoms with E-state index in [2.05, 4.69) is 12.1 Å². The van der Waals surface area contributed by atoms with Crippen LogP contribution in [-0.2, 0) is 41.6 Å². The summed E-state index contributed by atoms with van der Waals surface area (Å²) in [6, 6.07) is 20.3. The van der Waals surface area contributed by atoms with Crippen LogP contribution in [0, 0.1) is 0 Å². The summed E-state index contributed by atoms with van der Waals surface area (Å²) in [5.41, 5.74) is 0.680. The van der Waals surface area contributed by atoms with Crippen LogP contribution in [0.1, 0.15) is 31.4 Å². The van der Waals surface area contributed by atoms with Gasteiger partial charge in [0.15, 0.2) is 12.1 Å². The molecular weight excluding hydrogens is 396 g/mol. The van der Waals surface area contributed by atoms with Gasteiger partial charge in [0.2, 0.25) is 0 Å². The smallest absolute Gasteiger partial charge is 0.191 e. The van der Waals surface area contributed by atoms with Crippen molar-refractivity contribution >= 4 is 0 Å². The molecule has 4 atom stereocenters. The van der Waals surface area contributed by atoms with Crippen LogP contribution in [0.3, 0.4) is 0 Å². The van der Waals surface area contributed by atoms with E-state index in [0.29, 0.717) is 39.5 Å². The zero-order chi connectivity index (χ0) is 21.4. The second kappa shape index (κ2) is 8.28. The van der Waals surface area contributed by atoms with Gasteiger partial charge in [-0.2, -0.15) is 0 Å². The summed E-state index contributed by atoms with van der Waals surface area (Å²) in [5, 5.41) is 0. The van der Waals surface area contributed by atoms with E-state index in [1.807, 2.05) is 62.4 Å². The predicted octanol–water partition coefficient (Wildman–Crippen LogP) is 3.83. The van der Waals surface area contributed by atoms with Gasteiger partial charge < -0.3 is 28.4 Å². The van der Waals surface area contributed by atoms with Crippen molar-refractivity contribution in [3.8, 4) is 0 Å². The summed E-state index contributed by atoms with van der Waals surface area (Å²) >= 11 is 0. The van der Waals surface area contributed by atoms with Crippen LogP contribution in [0.15, 0.2) is 60.7 Å². The Bertz CT molecular complexity index is 872. The molecule has 3 aliphatic rings. The van der Waals surface area contributed by atoms with Crippen LogP contribution in [-0.4, -0.2) is 49.2 Å². The Morgan fingerprint density at radius 3 is 2.26 bits per heavy atom. The zero-order valence-electron chi connectivity index (χ0n) is 18.1. The Hall–Kier alpha value is -1.80. The van der Waals surface area contributed by atoms with Crippen molar-refractivity contribution < 1.29 is 28.4 Å². The summed E-state index contributed by atoms with van der Waals surface area (Å²) in [6.07, 6.45) is -0.224. The molecule has 0 unspecified atom stereocenters. The van der Waals surface area contributed by atoms with Crippen LogP contribution in [0.25, 0.3) is 0 Å². The first kappa shape index (κ1) is 21.1. The second-order valence-corrected chi connectivity index (χ2v) is 8.98. The highest BCUT2D eigenvalue weighted by Gasteiger charge is 2.72. The quantitative estimate of drug-likeness (QED) is 0.671. The fraction of sp³-hybridized carbons (Fsp3) is 0.520. The number of ether oxygens (including phenoxy) is 6. The minimum absolute atomic E-state index is 0.330. The molecule has 3 saturated heterocycles. The molecule has 0 saturated carbocycles. The lowest BCUT2D eigenvalue weighted by Crippen LogP contribution is -2.66. The van der Waals surface area contributed by atoms with Crippen molar-refractivity contribution in [3.05, 3.63) is 71.8 Å². The molecule has 3 fully saturated rings. The normalized spacial score (nSPS) is 33.7. The molecule has 0 radical (unpaired) electrons. The molecule has 5 rings (SSSR count). The summed E-state index contributed by atoms with van der Waals surface area (Å²) in [4.78, 5) is 0. The molecule has 31 heavy (non-hydrogen) atoms. The van der Waals surface area contributed by atoms with Gasteiger partial charge in [0, 0.05) is 13.0 Å². The van der Waals surface area contributed by atoms with Gasteiger partial charge in [-0.25, -0.2) is 0 Å². The zero-order valence-corrected chi connectivity index (χ0v) is 18.1. The maximum Gasteiger partial charge on any atom is 0.191 e. The molecule has 0 aromatic heterocycles. The van der Waals surface area contributed by atoms with Gasteiger partial charge in [0.05, 0.1) is 26.4 Å². The first-order valence-corrected chi connectivity index (χ1v) is 10.9. The van der Waals surface area contributed by atoms with Crippen molar-refractivity contribution in [2.45, 2.75) is 62.9 Å². The molecule has 2 aromatic rings. The standard InChI is InChI=1S/C25H30O6/c1-23(2)29-21-22(30-23)31-24(18-27-15-19-9-5-3-6-10-19)17-26-14-13-25(21,24)28-16-20-11-7-4-8-12-20/h3-12,21-22H,13-18H2,1-2H3/t21-,22-,24+,25-/m0/s1. The molecule has 0 bridgehead atoms. The van der Waals surface area contributed by atoms with Gasteiger partial charge in [0.25, 0.3) is 0 Å². The van der Waals surface area contributed by atoms with E-state index in [-0.39, 0.29) is 6.10 Å². The van der Waals surface area contributed by atoms with E-state index in [4.69, 9.17) is 28.4 Å². The van der Waals surface area contributed by atoms with Crippen molar-refractivity contribution in [2.75, 3.05) is 19.8 Å². The molecular formula is C25H30O6. The SMILES string of the molecule is CC1(C)O[C@H]2O[C@@]3(COCc4ccccc4)COCC[C@]3(OCc3ccccc3)[C@H]2O1. The maximum atomic E-state index is 6.70. The van der Waals surface area contributed by atoms with Crippen molar-refractivity contribution in [2.24, 2.45) is 0 Å². The first-order chi connectivity index (χ1) is 15.0. The predicted molar refractivity (Wildman–Crippen MR) is 113 cm³/mol. The minimum Gasteiger partial charge on any atom is -0.378 e. The number of hydrogen-bond acceptors (Lipinski definition) is 6. The van der Waals surface area contributed by atoms with Crippen LogP contribution < -0.4 is 0 Å². The van der Waals surface area contributed by atoms with Crippen LogP contribution in [0.2, 0.25) is 0 Å². The van der Waals surface area contributed by atoms with Gasteiger partial charge in [-0.3, -0.25) is 0 Å². The molecule has 0 amide bonds. The first-order valence-electron chi connectivity index (χ1n) is 10.9. The molecule has 0 spiro atoms. The van der Waals surface area contributed by atoms with Gasteiger partial charge in [-0.15, -0.1) is 0 Å². The van der Waals surface area contributed by atoms with Crippen molar-refractivity contribution in [1.29, 1.82) is 0 Å². The Morgan fingerprint density at radius 2 is 1.55 bits per heavy atom. The average molecular weight is 427 g/mol. The topological polar surface area (TPSA) is 55.4 Å². The lowest BCUT2D eigenvalue weighted by molar-refractivity contribution is -0.306. The highest BCUT2D eigenvalue weighted by Crippen LogP contribution is 2.54. The summed E-state index contributed by atoms with van der Waals surface area (Å²) < 4.78 is 37.7. The van der Waals surface area contributed by atoms with E-state index >= 15 is 0 Å². The lowest BCUT2D eigenvalue weighted by Gasteiger charge is -2.48. The van der Waals surface area contributed by atoms with Gasteiger partial charge in [0.1, 0.15) is 17.3 Å². The Morgan fingerprint density at radius 1 is 0.871 bits per heavy atom. The molecule has 0 aliphatic carbocycles. The Kier molecular flexibility index (Phi) is 5.63. The van der Waals surface area contributed by atoms with E-state index in [0.717, 1.165) is 11.1 Å². The van der Waals surface area contributed by atoms with Gasteiger partial charge >= 0.3 is 0 Å². The Labute approximate surface area is 183 Å². The van der Waals surface area contributed by atoms with E-state index < -0.39 is 23.3 Å². The molecule has 6 heteroatoms. The molecule has 2 aromatic carbocycles. The lowest BCUT2D eigenvalue weighted by atomic mass is 9.77. The third-order valence-electron chi connectivity index (χ3n) is 6.37. The van der Waals surface area contributed by atoms with Crippen molar-refractivity contribution in [3.63, 3.8) is 0 Å². The molecule has 166 valence electrons. The van der Waals surface area contributed by atoms with E-state index in [1.165, 1.54) is 0 Å². The third-order valence-corrected chi connectivity index (χ3v) is 6.37. The summed E-state index contributed by atoms with van der Waals surface area (Å²) in [7, 11) is 0. The molecule has 6 nitrogen and oxygen atoms in total. The summed E-state index contributed by atoms with van der Waals surface area (Å²) in [6.45, 7) is 6.04. The second-order valence-electron chi connectivity index (χ2n) is 8.98. The van der Waals surface area contributed by atoms with Gasteiger partial charge in [-0.05, 0) is 25.0 Å². The number of benzene rings is 2. The van der Waals surface area contributed by atoms with Crippen LogP contribution >= 0.6 is 0 Å². The van der Waals surface area contributed by atoms with E-state index in [9.17, 15) is 0 Å². The number of fused-ring (bicyclic) bond motifs is 3. The molecule has 0 N–H and O–H groups in total. The monoisotopic (exact) mass is 426 g/mol. The highest BCUT2D eigenvalue weighted by atomic mass is 16.9. The average Bonchev–Trinajstić information content (AvgIpc) is 3.21. The highest BCUT2D eigenvalue weighted by molar-refractivity contribution is 5.19. The molecule has 3 heterocycles. The third kappa shape index (κ3) is 3.93. The fourth-order valence-corrected chi connectivity index (χ4v) is 4.88. The Balaban J connectivity index is 1.41. The molecule has 3 aliphatic heterocycles. The largest absolute Gasteiger partial charge is 0.378 e. The fourth-order valence-electron chi connectivity index (χ4n) is 4.88.